The summed E-state index contributed by atoms with van der Waals surface area (Å²) in [7, 11) is 0. The van der Waals surface area contributed by atoms with Crippen LogP contribution in [0.3, 0.4) is 0 Å². The zero-order valence-corrected chi connectivity index (χ0v) is 26.3. The fourth-order valence-electron chi connectivity index (χ4n) is 5.14. The monoisotopic (exact) mass is 546 g/mol. The summed E-state index contributed by atoms with van der Waals surface area (Å²) in [5.41, 5.74) is 9.49. The van der Waals surface area contributed by atoms with Gasteiger partial charge in [-0.3, -0.25) is 9.59 Å². The van der Waals surface area contributed by atoms with Crippen molar-refractivity contribution in [1.29, 1.82) is 0 Å². The Balaban J connectivity index is 2.65. The summed E-state index contributed by atoms with van der Waals surface area (Å²) >= 11 is 0. The van der Waals surface area contributed by atoms with Gasteiger partial charge in [0, 0.05) is 18.5 Å². The molecule has 0 aliphatic rings. The summed E-state index contributed by atoms with van der Waals surface area (Å²) in [5, 5.41) is 2.79. The maximum atomic E-state index is 12.3. The Morgan fingerprint density at radius 3 is 1.97 bits per heavy atom. The molecular formula is C33H58N2O4. The number of carbonyl (C=O) groups excluding carboxylic acids is 2. The van der Waals surface area contributed by atoms with Gasteiger partial charge in [-0.25, -0.2) is 0 Å². The van der Waals surface area contributed by atoms with Crippen molar-refractivity contribution in [3.63, 3.8) is 0 Å². The lowest BCUT2D eigenvalue weighted by molar-refractivity contribution is -0.123. The van der Waals surface area contributed by atoms with Gasteiger partial charge in [0.25, 0.3) is 5.91 Å². The van der Waals surface area contributed by atoms with Gasteiger partial charge < -0.3 is 20.5 Å². The molecule has 0 spiro atoms. The lowest BCUT2D eigenvalue weighted by Crippen LogP contribution is -2.30. The standard InChI is InChI=1S/C33H58N2O4/c1-9-13-29-28(8)32(39-22-31(37)35-20-12-18-30(34)36)26(6)27(7)33(29)38-21-19-25(5)17-11-16-24(4)15-10-14-23(2)3/h23-25H,9-22H2,1-8H3,(H2,34,36)(H,35,37). The second kappa shape index (κ2) is 18.9. The third-order valence-electron chi connectivity index (χ3n) is 7.81. The molecule has 1 aromatic rings. The molecule has 0 heterocycles. The Hall–Kier alpha value is -2.24. The number of primary amides is 1. The number of amides is 2. The summed E-state index contributed by atoms with van der Waals surface area (Å²) in [5.74, 6) is 3.48. The van der Waals surface area contributed by atoms with Crippen LogP contribution in [-0.2, 0) is 16.0 Å². The van der Waals surface area contributed by atoms with Gasteiger partial charge in [0.15, 0.2) is 6.61 Å². The molecule has 224 valence electrons. The quantitative estimate of drug-likeness (QED) is 0.158. The molecule has 0 saturated carbocycles. The molecule has 2 amide bonds. The van der Waals surface area contributed by atoms with Gasteiger partial charge in [-0.2, -0.15) is 0 Å². The van der Waals surface area contributed by atoms with Gasteiger partial charge in [-0.1, -0.05) is 79.6 Å². The summed E-state index contributed by atoms with van der Waals surface area (Å²) < 4.78 is 12.5. The average molecular weight is 547 g/mol. The first-order chi connectivity index (χ1) is 18.5. The first-order valence-corrected chi connectivity index (χ1v) is 15.4. The van der Waals surface area contributed by atoms with Crippen molar-refractivity contribution < 1.29 is 19.1 Å². The minimum atomic E-state index is -0.361. The maximum Gasteiger partial charge on any atom is 0.257 e. The van der Waals surface area contributed by atoms with E-state index in [4.69, 9.17) is 15.2 Å². The predicted octanol–water partition coefficient (Wildman–Crippen LogP) is 7.36. The Morgan fingerprint density at radius 1 is 0.795 bits per heavy atom. The normalized spacial score (nSPS) is 12.8. The van der Waals surface area contributed by atoms with Gasteiger partial charge in [0.1, 0.15) is 11.5 Å². The van der Waals surface area contributed by atoms with Crippen LogP contribution in [0, 0.1) is 38.5 Å². The van der Waals surface area contributed by atoms with Crippen molar-refractivity contribution in [2.24, 2.45) is 23.5 Å². The van der Waals surface area contributed by atoms with Crippen LogP contribution >= 0.6 is 0 Å². The molecule has 2 unspecified atom stereocenters. The van der Waals surface area contributed by atoms with Crippen molar-refractivity contribution in [3.8, 4) is 11.5 Å². The summed E-state index contributed by atoms with van der Waals surface area (Å²) in [6.45, 7) is 18.8. The van der Waals surface area contributed by atoms with Crippen LogP contribution in [0.25, 0.3) is 0 Å². The largest absolute Gasteiger partial charge is 0.493 e. The number of rotatable bonds is 21. The van der Waals surface area contributed by atoms with E-state index in [-0.39, 0.29) is 24.8 Å². The van der Waals surface area contributed by atoms with E-state index in [0.29, 0.717) is 18.9 Å². The van der Waals surface area contributed by atoms with Gasteiger partial charge in [0.2, 0.25) is 5.91 Å². The number of benzene rings is 1. The van der Waals surface area contributed by atoms with E-state index in [1.807, 2.05) is 6.92 Å². The van der Waals surface area contributed by atoms with E-state index in [2.05, 4.69) is 53.8 Å². The summed E-state index contributed by atoms with van der Waals surface area (Å²) in [6, 6.07) is 0. The van der Waals surface area contributed by atoms with Crippen LogP contribution in [-0.4, -0.2) is 31.6 Å². The molecular weight excluding hydrogens is 488 g/mol. The third kappa shape index (κ3) is 13.6. The minimum Gasteiger partial charge on any atom is -0.493 e. The van der Waals surface area contributed by atoms with Crippen LogP contribution in [0.1, 0.15) is 121 Å². The first kappa shape index (κ1) is 34.8. The molecule has 0 aliphatic carbocycles. The van der Waals surface area contributed by atoms with E-state index >= 15 is 0 Å². The van der Waals surface area contributed by atoms with Gasteiger partial charge in [-0.15, -0.1) is 0 Å². The summed E-state index contributed by atoms with van der Waals surface area (Å²) in [4.78, 5) is 23.1. The number of hydrogen-bond donors (Lipinski definition) is 2. The smallest absolute Gasteiger partial charge is 0.257 e. The lowest BCUT2D eigenvalue weighted by atomic mass is 9.92. The minimum absolute atomic E-state index is 0.0582. The van der Waals surface area contributed by atoms with Gasteiger partial charge >= 0.3 is 0 Å². The molecule has 6 nitrogen and oxygen atoms in total. The highest BCUT2D eigenvalue weighted by atomic mass is 16.5. The molecule has 0 aliphatic heterocycles. The topological polar surface area (TPSA) is 90.6 Å². The number of hydrogen-bond acceptors (Lipinski definition) is 4. The molecule has 6 heteroatoms. The highest BCUT2D eigenvalue weighted by Gasteiger charge is 2.20. The van der Waals surface area contributed by atoms with E-state index < -0.39 is 0 Å². The first-order valence-electron chi connectivity index (χ1n) is 15.4. The van der Waals surface area contributed by atoms with Crippen LogP contribution < -0.4 is 20.5 Å². The molecule has 1 aromatic carbocycles. The molecule has 3 N–H and O–H groups in total. The molecule has 0 saturated heterocycles. The fraction of sp³-hybridized carbons (Fsp3) is 0.758. The number of nitrogens with two attached hydrogens (primary N) is 1. The second-order valence-corrected chi connectivity index (χ2v) is 12.1. The zero-order valence-electron chi connectivity index (χ0n) is 26.3. The maximum absolute atomic E-state index is 12.3. The zero-order chi connectivity index (χ0) is 29.4. The van der Waals surface area contributed by atoms with E-state index in [9.17, 15) is 9.59 Å². The number of carbonyl (C=O) groups is 2. The highest BCUT2D eigenvalue weighted by Crippen LogP contribution is 2.39. The Labute approximate surface area is 239 Å². The Bertz CT molecular complexity index is 881. The molecule has 1 rings (SSSR count). The van der Waals surface area contributed by atoms with Crippen molar-refractivity contribution in [3.05, 3.63) is 22.3 Å². The molecule has 0 radical (unpaired) electrons. The third-order valence-corrected chi connectivity index (χ3v) is 7.81. The molecule has 0 bridgehead atoms. The van der Waals surface area contributed by atoms with Crippen molar-refractivity contribution in [2.75, 3.05) is 19.8 Å². The SMILES string of the molecule is CCCc1c(C)c(OCC(=O)NCCCC(N)=O)c(C)c(C)c1OCCC(C)CCCC(C)CCCC(C)C. The predicted molar refractivity (Wildman–Crippen MR) is 163 cm³/mol. The highest BCUT2D eigenvalue weighted by molar-refractivity contribution is 5.78. The van der Waals surface area contributed by atoms with Crippen LogP contribution in [0.15, 0.2) is 0 Å². The number of nitrogens with one attached hydrogen (secondary N) is 1. The Morgan fingerprint density at radius 2 is 1.38 bits per heavy atom. The number of ether oxygens (including phenoxy) is 2. The van der Waals surface area contributed by atoms with E-state index in [1.54, 1.807) is 0 Å². The second-order valence-electron chi connectivity index (χ2n) is 12.1. The van der Waals surface area contributed by atoms with E-state index in [1.165, 1.54) is 44.1 Å². The Kier molecular flexibility index (Phi) is 16.9. The molecule has 0 fully saturated rings. The van der Waals surface area contributed by atoms with Crippen LogP contribution in [0.5, 0.6) is 11.5 Å². The van der Waals surface area contributed by atoms with Crippen LogP contribution in [0.4, 0.5) is 0 Å². The van der Waals surface area contributed by atoms with Gasteiger partial charge in [0.05, 0.1) is 6.61 Å². The lowest BCUT2D eigenvalue weighted by Gasteiger charge is -2.23. The van der Waals surface area contributed by atoms with Crippen molar-refractivity contribution in [2.45, 2.75) is 126 Å². The van der Waals surface area contributed by atoms with Crippen LogP contribution in [0.2, 0.25) is 0 Å². The average Bonchev–Trinajstić information content (AvgIpc) is 2.86. The molecule has 2 atom stereocenters. The van der Waals surface area contributed by atoms with Crippen molar-refractivity contribution in [1.82, 2.24) is 5.32 Å². The van der Waals surface area contributed by atoms with Crippen molar-refractivity contribution >= 4 is 11.8 Å². The molecule has 39 heavy (non-hydrogen) atoms. The fourth-order valence-corrected chi connectivity index (χ4v) is 5.14. The molecule has 0 aromatic heterocycles. The van der Waals surface area contributed by atoms with E-state index in [0.717, 1.165) is 65.9 Å². The van der Waals surface area contributed by atoms with Gasteiger partial charge in [-0.05, 0) is 74.5 Å². The summed E-state index contributed by atoms with van der Waals surface area (Å²) in [6.07, 6.45) is 11.7.